The molecule has 28 heavy (non-hydrogen) atoms. The smallest absolute Gasteiger partial charge is 0.225 e. The van der Waals surface area contributed by atoms with Crippen LogP contribution in [0.25, 0.3) is 0 Å². The van der Waals surface area contributed by atoms with Crippen LogP contribution in [0.15, 0.2) is 47.7 Å². The molecule has 0 radical (unpaired) electrons. The minimum atomic E-state index is 0.476. The predicted octanol–water partition coefficient (Wildman–Crippen LogP) is 2.38. The van der Waals surface area contributed by atoms with Gasteiger partial charge in [0.05, 0.1) is 7.11 Å². The van der Waals surface area contributed by atoms with E-state index in [1.165, 1.54) is 5.56 Å². The van der Waals surface area contributed by atoms with Crippen LogP contribution in [-0.2, 0) is 0 Å². The third kappa shape index (κ3) is 5.12. The van der Waals surface area contributed by atoms with Crippen LogP contribution in [0.4, 0.5) is 5.95 Å². The van der Waals surface area contributed by atoms with Gasteiger partial charge in [0.2, 0.25) is 5.95 Å². The standard InChI is InChI=1S/C21H30N6O/c1-17(18-5-7-19(28-3)8-6-18)9-12-25-20(22-2)26-13-15-27(16-14-26)21-23-10-4-11-24-21/h4-8,10-11,17H,9,12-16H2,1-3H3,(H,22,25). The number of aromatic nitrogens is 2. The van der Waals surface area contributed by atoms with Gasteiger partial charge in [0.15, 0.2) is 5.96 Å². The Bertz CT molecular complexity index is 741. The lowest BCUT2D eigenvalue weighted by Gasteiger charge is -2.36. The second-order valence-electron chi connectivity index (χ2n) is 6.96. The topological polar surface area (TPSA) is 65.9 Å². The Morgan fingerprint density at radius 1 is 1.14 bits per heavy atom. The number of guanidine groups is 1. The first-order valence-electron chi connectivity index (χ1n) is 9.82. The lowest BCUT2D eigenvalue weighted by molar-refractivity contribution is 0.369. The summed E-state index contributed by atoms with van der Waals surface area (Å²) in [6.07, 6.45) is 4.63. The van der Waals surface area contributed by atoms with E-state index in [0.717, 1.165) is 56.8 Å². The lowest BCUT2D eigenvalue weighted by Crippen LogP contribution is -2.53. The number of nitrogens with zero attached hydrogens (tertiary/aromatic N) is 5. The van der Waals surface area contributed by atoms with Crippen LogP contribution in [-0.4, -0.2) is 67.7 Å². The summed E-state index contributed by atoms with van der Waals surface area (Å²) in [6.45, 7) is 6.75. The van der Waals surface area contributed by atoms with Crippen LogP contribution in [0.3, 0.4) is 0 Å². The number of benzene rings is 1. The number of hydrogen-bond acceptors (Lipinski definition) is 5. The van der Waals surface area contributed by atoms with Crippen LogP contribution < -0.4 is 15.0 Å². The number of nitrogens with one attached hydrogen (secondary N) is 1. The third-order valence-electron chi connectivity index (χ3n) is 5.17. The normalized spacial score (nSPS) is 16.0. The average Bonchev–Trinajstić information content (AvgIpc) is 2.77. The summed E-state index contributed by atoms with van der Waals surface area (Å²) in [5.74, 6) is 3.15. The molecule has 0 amide bonds. The van der Waals surface area contributed by atoms with Gasteiger partial charge >= 0.3 is 0 Å². The van der Waals surface area contributed by atoms with Crippen LogP contribution in [0.1, 0.15) is 24.8 Å². The molecule has 0 spiro atoms. The summed E-state index contributed by atoms with van der Waals surface area (Å²) < 4.78 is 5.23. The van der Waals surface area contributed by atoms with Crippen molar-refractivity contribution >= 4 is 11.9 Å². The first kappa shape index (κ1) is 19.9. The maximum Gasteiger partial charge on any atom is 0.225 e. The van der Waals surface area contributed by atoms with E-state index in [1.807, 2.05) is 25.2 Å². The van der Waals surface area contributed by atoms with Gasteiger partial charge in [0.1, 0.15) is 5.75 Å². The summed E-state index contributed by atoms with van der Waals surface area (Å²) in [7, 11) is 3.54. The van der Waals surface area contributed by atoms with E-state index in [2.05, 4.69) is 49.1 Å². The molecule has 1 aromatic carbocycles. The summed E-state index contributed by atoms with van der Waals surface area (Å²) in [5, 5.41) is 3.52. The number of methoxy groups -OCH3 is 1. The molecule has 1 saturated heterocycles. The lowest BCUT2D eigenvalue weighted by atomic mass is 9.98. The van der Waals surface area contributed by atoms with Crippen molar-refractivity contribution < 1.29 is 4.74 Å². The Morgan fingerprint density at radius 2 is 1.82 bits per heavy atom. The zero-order valence-corrected chi connectivity index (χ0v) is 17.0. The van der Waals surface area contributed by atoms with Crippen molar-refractivity contribution in [2.75, 3.05) is 51.8 Å². The fourth-order valence-electron chi connectivity index (χ4n) is 3.40. The largest absolute Gasteiger partial charge is 0.497 e. The van der Waals surface area contributed by atoms with Crippen molar-refractivity contribution in [3.8, 4) is 5.75 Å². The van der Waals surface area contributed by atoms with Crippen LogP contribution in [0, 0.1) is 0 Å². The molecule has 3 rings (SSSR count). The van der Waals surface area contributed by atoms with Gasteiger partial charge in [-0.1, -0.05) is 19.1 Å². The maximum atomic E-state index is 5.23. The Kier molecular flexibility index (Phi) is 7.06. The van der Waals surface area contributed by atoms with Crippen LogP contribution in [0.5, 0.6) is 5.75 Å². The summed E-state index contributed by atoms with van der Waals surface area (Å²) in [6, 6.07) is 10.2. The summed E-state index contributed by atoms with van der Waals surface area (Å²) in [5.41, 5.74) is 1.33. The van der Waals surface area contributed by atoms with Crippen molar-refractivity contribution in [1.29, 1.82) is 0 Å². The monoisotopic (exact) mass is 382 g/mol. The van der Waals surface area contributed by atoms with Gasteiger partial charge < -0.3 is 19.9 Å². The fourth-order valence-corrected chi connectivity index (χ4v) is 3.40. The zero-order chi connectivity index (χ0) is 19.8. The molecule has 7 heteroatoms. The van der Waals surface area contributed by atoms with Gasteiger partial charge in [-0.3, -0.25) is 4.99 Å². The van der Waals surface area contributed by atoms with E-state index in [1.54, 1.807) is 19.5 Å². The van der Waals surface area contributed by atoms with Gasteiger partial charge in [-0.2, -0.15) is 0 Å². The molecule has 1 N–H and O–H groups in total. The fraction of sp³-hybridized carbons (Fsp3) is 0.476. The van der Waals surface area contributed by atoms with Crippen molar-refractivity contribution in [3.05, 3.63) is 48.3 Å². The van der Waals surface area contributed by atoms with Crippen molar-refractivity contribution in [1.82, 2.24) is 20.2 Å². The summed E-state index contributed by atoms with van der Waals surface area (Å²) >= 11 is 0. The maximum absolute atomic E-state index is 5.23. The van der Waals surface area contributed by atoms with Crippen LogP contribution in [0.2, 0.25) is 0 Å². The molecule has 7 nitrogen and oxygen atoms in total. The number of aliphatic imine (C=N–C) groups is 1. The van der Waals surface area contributed by atoms with E-state index >= 15 is 0 Å². The molecule has 0 aliphatic carbocycles. The molecule has 2 aromatic rings. The minimum absolute atomic E-state index is 0.476. The van der Waals surface area contributed by atoms with E-state index in [9.17, 15) is 0 Å². The Labute approximate surface area is 167 Å². The van der Waals surface area contributed by atoms with Gasteiger partial charge in [0.25, 0.3) is 0 Å². The van der Waals surface area contributed by atoms with E-state index in [-0.39, 0.29) is 0 Å². The molecule has 1 aliphatic rings. The molecule has 1 aliphatic heterocycles. The van der Waals surface area contributed by atoms with E-state index in [4.69, 9.17) is 4.74 Å². The highest BCUT2D eigenvalue weighted by Crippen LogP contribution is 2.21. The molecule has 150 valence electrons. The quantitative estimate of drug-likeness (QED) is 0.611. The molecule has 1 fully saturated rings. The molecule has 1 atom stereocenters. The second-order valence-corrected chi connectivity index (χ2v) is 6.96. The molecule has 1 unspecified atom stereocenters. The molecule has 0 saturated carbocycles. The Hall–Kier alpha value is -2.83. The van der Waals surface area contributed by atoms with Gasteiger partial charge in [-0.15, -0.1) is 0 Å². The Balaban J connectivity index is 1.44. The van der Waals surface area contributed by atoms with Gasteiger partial charge in [-0.25, -0.2) is 9.97 Å². The molecule has 1 aromatic heterocycles. The first-order chi connectivity index (χ1) is 13.7. The SMILES string of the molecule is CN=C(NCCC(C)c1ccc(OC)cc1)N1CCN(c2ncccn2)CC1. The van der Waals surface area contributed by atoms with E-state index < -0.39 is 0 Å². The van der Waals surface area contributed by atoms with Gasteiger partial charge in [0, 0.05) is 52.2 Å². The molecular formula is C21H30N6O. The number of anilines is 1. The van der Waals surface area contributed by atoms with Crippen molar-refractivity contribution in [2.45, 2.75) is 19.3 Å². The van der Waals surface area contributed by atoms with Crippen molar-refractivity contribution in [3.63, 3.8) is 0 Å². The average molecular weight is 383 g/mol. The highest BCUT2D eigenvalue weighted by atomic mass is 16.5. The number of rotatable bonds is 6. The van der Waals surface area contributed by atoms with Gasteiger partial charge in [-0.05, 0) is 36.1 Å². The predicted molar refractivity (Wildman–Crippen MR) is 113 cm³/mol. The molecule has 0 bridgehead atoms. The van der Waals surface area contributed by atoms with Crippen molar-refractivity contribution in [2.24, 2.45) is 4.99 Å². The first-order valence-corrected chi connectivity index (χ1v) is 9.82. The third-order valence-corrected chi connectivity index (χ3v) is 5.17. The summed E-state index contributed by atoms with van der Waals surface area (Å²) in [4.78, 5) is 17.7. The molecular weight excluding hydrogens is 352 g/mol. The van der Waals surface area contributed by atoms with E-state index in [0.29, 0.717) is 5.92 Å². The second kappa shape index (κ2) is 9.92. The number of ether oxygens (including phenoxy) is 1. The number of hydrogen-bond donors (Lipinski definition) is 1. The zero-order valence-electron chi connectivity index (χ0n) is 17.0. The highest BCUT2D eigenvalue weighted by molar-refractivity contribution is 5.80. The number of piperazine rings is 1. The molecule has 2 heterocycles. The van der Waals surface area contributed by atoms with Crippen LogP contribution >= 0.6 is 0 Å². The Morgan fingerprint density at radius 3 is 2.43 bits per heavy atom. The highest BCUT2D eigenvalue weighted by Gasteiger charge is 2.21. The minimum Gasteiger partial charge on any atom is -0.497 e.